The summed E-state index contributed by atoms with van der Waals surface area (Å²) in [6, 6.07) is 7.46. The summed E-state index contributed by atoms with van der Waals surface area (Å²) in [5.74, 6) is 0.696. The van der Waals surface area contributed by atoms with Crippen molar-refractivity contribution < 1.29 is 9.53 Å². The van der Waals surface area contributed by atoms with Crippen molar-refractivity contribution in [3.05, 3.63) is 24.3 Å². The third-order valence-corrected chi connectivity index (χ3v) is 2.88. The van der Waals surface area contributed by atoms with Crippen molar-refractivity contribution in [3.63, 3.8) is 0 Å². The molecule has 0 bridgehead atoms. The molecule has 110 valence electrons. The van der Waals surface area contributed by atoms with Crippen molar-refractivity contribution >= 4 is 23.1 Å². The summed E-state index contributed by atoms with van der Waals surface area (Å²) in [5.41, 5.74) is 1.42. The summed E-state index contributed by atoms with van der Waals surface area (Å²) in [7, 11) is 3.86. The van der Waals surface area contributed by atoms with Crippen LogP contribution in [0.25, 0.3) is 0 Å². The van der Waals surface area contributed by atoms with Crippen LogP contribution in [0.1, 0.15) is 20.8 Å². The minimum atomic E-state index is -0.480. The molecule has 1 amide bonds. The number of hydrogen-bond acceptors (Lipinski definition) is 3. The van der Waals surface area contributed by atoms with Gasteiger partial charge in [0.25, 0.3) is 5.91 Å². The molecule has 1 aromatic rings. The van der Waals surface area contributed by atoms with Crippen LogP contribution in [0.5, 0.6) is 0 Å². The molecule has 0 saturated heterocycles. The van der Waals surface area contributed by atoms with Crippen LogP contribution in [0.2, 0.25) is 0 Å². The van der Waals surface area contributed by atoms with E-state index in [2.05, 4.69) is 10.3 Å². The van der Waals surface area contributed by atoms with Gasteiger partial charge in [0, 0.05) is 20.7 Å². The molecule has 0 fully saturated rings. The predicted octanol–water partition coefficient (Wildman–Crippen LogP) is 2.66. The van der Waals surface area contributed by atoms with Crippen molar-refractivity contribution in [2.45, 2.75) is 26.9 Å². The summed E-state index contributed by atoms with van der Waals surface area (Å²) < 4.78 is 5.28. The Morgan fingerprint density at radius 3 is 2.65 bits per heavy atom. The summed E-state index contributed by atoms with van der Waals surface area (Å²) in [5, 5.41) is 2.85. The number of carbonyl (C=O) groups excluding carboxylic acids is 1. The Balaban J connectivity index is 2.91. The fourth-order valence-electron chi connectivity index (χ4n) is 1.51. The van der Waals surface area contributed by atoms with Gasteiger partial charge < -0.3 is 15.0 Å². The number of benzene rings is 1. The van der Waals surface area contributed by atoms with Crippen LogP contribution in [0.4, 0.5) is 11.4 Å². The Morgan fingerprint density at radius 2 is 2.05 bits per heavy atom. The molecule has 5 heteroatoms. The van der Waals surface area contributed by atoms with Gasteiger partial charge in [-0.25, -0.2) is 4.99 Å². The van der Waals surface area contributed by atoms with E-state index in [1.165, 1.54) is 0 Å². The number of amidine groups is 1. The summed E-state index contributed by atoms with van der Waals surface area (Å²) in [6.07, 6.45) is -0.480. The number of rotatable bonds is 5. The average Bonchev–Trinajstić information content (AvgIpc) is 2.40. The number of nitrogens with one attached hydrogen (secondary N) is 1. The second kappa shape index (κ2) is 7.65. The molecule has 0 spiro atoms. The number of aliphatic imine (C=N–C) groups is 1. The fraction of sp³-hybridized carbons (Fsp3) is 0.467. The van der Waals surface area contributed by atoms with E-state index in [4.69, 9.17) is 4.74 Å². The summed E-state index contributed by atoms with van der Waals surface area (Å²) in [6.45, 7) is 6.02. The molecule has 1 unspecified atom stereocenters. The molecule has 0 radical (unpaired) electrons. The molecule has 1 N–H and O–H groups in total. The Labute approximate surface area is 120 Å². The first-order valence-electron chi connectivity index (χ1n) is 6.69. The molecule has 20 heavy (non-hydrogen) atoms. The second-order valence-corrected chi connectivity index (χ2v) is 4.66. The van der Waals surface area contributed by atoms with Crippen LogP contribution >= 0.6 is 0 Å². The lowest BCUT2D eigenvalue weighted by atomic mass is 10.2. The van der Waals surface area contributed by atoms with E-state index in [9.17, 15) is 4.79 Å². The van der Waals surface area contributed by atoms with Gasteiger partial charge in [-0.1, -0.05) is 12.1 Å². The Bertz CT molecular complexity index is 484. The van der Waals surface area contributed by atoms with E-state index >= 15 is 0 Å². The maximum absolute atomic E-state index is 12.0. The SMILES string of the molecule is CCOC(C)C(=O)Nc1ccccc1N=C(C)N(C)C. The molecular weight excluding hydrogens is 254 g/mol. The van der Waals surface area contributed by atoms with Gasteiger partial charge in [-0.05, 0) is 32.9 Å². The van der Waals surface area contributed by atoms with Gasteiger partial charge in [0.2, 0.25) is 0 Å². The van der Waals surface area contributed by atoms with Gasteiger partial charge in [-0.15, -0.1) is 0 Å². The highest BCUT2D eigenvalue weighted by Gasteiger charge is 2.14. The van der Waals surface area contributed by atoms with E-state index in [1.54, 1.807) is 6.92 Å². The third-order valence-electron chi connectivity index (χ3n) is 2.88. The standard InChI is InChI=1S/C15H23N3O2/c1-6-20-11(2)15(19)17-14-10-8-7-9-13(14)16-12(3)18(4)5/h7-11H,6H2,1-5H3,(H,17,19). The van der Waals surface area contributed by atoms with Gasteiger partial charge in [-0.2, -0.15) is 0 Å². The van der Waals surface area contributed by atoms with E-state index < -0.39 is 6.10 Å². The van der Waals surface area contributed by atoms with Gasteiger partial charge in [0.05, 0.1) is 11.4 Å². The number of hydrogen-bond donors (Lipinski definition) is 1. The number of carbonyl (C=O) groups is 1. The normalized spacial score (nSPS) is 12.9. The zero-order valence-corrected chi connectivity index (χ0v) is 12.8. The van der Waals surface area contributed by atoms with E-state index in [0.717, 1.165) is 11.5 Å². The molecule has 0 aromatic heterocycles. The van der Waals surface area contributed by atoms with Crippen molar-refractivity contribution in [2.75, 3.05) is 26.0 Å². The molecule has 0 aliphatic heterocycles. The lowest BCUT2D eigenvalue weighted by Gasteiger charge is -2.15. The monoisotopic (exact) mass is 277 g/mol. The van der Waals surface area contributed by atoms with Crippen LogP contribution in [-0.2, 0) is 9.53 Å². The van der Waals surface area contributed by atoms with Gasteiger partial charge in [0.15, 0.2) is 0 Å². The molecule has 1 rings (SSSR count). The van der Waals surface area contributed by atoms with Gasteiger partial charge in [-0.3, -0.25) is 4.79 Å². The van der Waals surface area contributed by atoms with Crippen molar-refractivity contribution in [2.24, 2.45) is 4.99 Å². The smallest absolute Gasteiger partial charge is 0.253 e. The molecular formula is C15H23N3O2. The predicted molar refractivity (Wildman–Crippen MR) is 82.6 cm³/mol. The zero-order valence-electron chi connectivity index (χ0n) is 12.8. The van der Waals surface area contributed by atoms with Crippen LogP contribution < -0.4 is 5.32 Å². The van der Waals surface area contributed by atoms with Crippen molar-refractivity contribution in [3.8, 4) is 0 Å². The quantitative estimate of drug-likeness (QED) is 0.665. The molecule has 0 aliphatic rings. The average molecular weight is 277 g/mol. The lowest BCUT2D eigenvalue weighted by Crippen LogP contribution is -2.27. The molecule has 1 aromatic carbocycles. The molecule has 5 nitrogen and oxygen atoms in total. The number of para-hydroxylation sites is 2. The molecule has 1 atom stereocenters. The highest BCUT2D eigenvalue weighted by molar-refractivity contribution is 5.97. The largest absolute Gasteiger partial charge is 0.369 e. The highest BCUT2D eigenvalue weighted by atomic mass is 16.5. The van der Waals surface area contributed by atoms with Crippen molar-refractivity contribution in [1.82, 2.24) is 4.90 Å². The van der Waals surface area contributed by atoms with E-state index in [-0.39, 0.29) is 5.91 Å². The van der Waals surface area contributed by atoms with E-state index in [0.29, 0.717) is 12.3 Å². The summed E-state index contributed by atoms with van der Waals surface area (Å²) in [4.78, 5) is 18.4. The Kier molecular flexibility index (Phi) is 6.18. The first-order chi connectivity index (χ1) is 9.45. The number of anilines is 1. The lowest BCUT2D eigenvalue weighted by molar-refractivity contribution is -0.126. The van der Waals surface area contributed by atoms with Gasteiger partial charge >= 0.3 is 0 Å². The minimum absolute atomic E-state index is 0.169. The number of ether oxygens (including phenoxy) is 1. The molecule has 0 heterocycles. The van der Waals surface area contributed by atoms with Crippen molar-refractivity contribution in [1.29, 1.82) is 0 Å². The summed E-state index contributed by atoms with van der Waals surface area (Å²) >= 11 is 0. The van der Waals surface area contributed by atoms with E-state index in [1.807, 2.05) is 57.1 Å². The van der Waals surface area contributed by atoms with Crippen LogP contribution in [-0.4, -0.2) is 43.4 Å². The van der Waals surface area contributed by atoms with Gasteiger partial charge in [0.1, 0.15) is 11.9 Å². The maximum atomic E-state index is 12.0. The maximum Gasteiger partial charge on any atom is 0.253 e. The first kappa shape index (κ1) is 16.2. The second-order valence-electron chi connectivity index (χ2n) is 4.66. The molecule has 0 aliphatic carbocycles. The molecule has 0 saturated carbocycles. The first-order valence-corrected chi connectivity index (χ1v) is 6.69. The Hall–Kier alpha value is -1.88. The fourth-order valence-corrected chi connectivity index (χ4v) is 1.51. The minimum Gasteiger partial charge on any atom is -0.369 e. The highest BCUT2D eigenvalue weighted by Crippen LogP contribution is 2.25. The van der Waals surface area contributed by atoms with Crippen LogP contribution in [0, 0.1) is 0 Å². The Morgan fingerprint density at radius 1 is 1.40 bits per heavy atom. The zero-order chi connectivity index (χ0) is 15.1. The number of amides is 1. The topological polar surface area (TPSA) is 53.9 Å². The van der Waals surface area contributed by atoms with Crippen LogP contribution in [0.3, 0.4) is 0 Å². The number of nitrogens with zero attached hydrogens (tertiary/aromatic N) is 2. The third kappa shape index (κ3) is 4.66. The van der Waals surface area contributed by atoms with Crippen LogP contribution in [0.15, 0.2) is 29.3 Å².